The first-order valence-corrected chi connectivity index (χ1v) is 10.9. The molecule has 0 unspecified atom stereocenters. The number of rotatable bonds is 6. The van der Waals surface area contributed by atoms with Gasteiger partial charge in [0.25, 0.3) is 0 Å². The van der Waals surface area contributed by atoms with Crippen LogP contribution in [0, 0.1) is 11.7 Å². The third kappa shape index (κ3) is 6.50. The van der Waals surface area contributed by atoms with E-state index in [1.54, 1.807) is 17.0 Å². The maximum Gasteiger partial charge on any atom is 0.409 e. The summed E-state index contributed by atoms with van der Waals surface area (Å²) in [6, 6.07) is 6.08. The van der Waals surface area contributed by atoms with Crippen LogP contribution >= 0.6 is 11.3 Å². The second-order valence-electron chi connectivity index (χ2n) is 7.68. The van der Waals surface area contributed by atoms with E-state index in [0.717, 1.165) is 18.5 Å². The van der Waals surface area contributed by atoms with Gasteiger partial charge < -0.3 is 15.0 Å². The monoisotopic (exact) mass is 434 g/mol. The van der Waals surface area contributed by atoms with Crippen molar-refractivity contribution in [2.45, 2.75) is 20.3 Å². The number of thiazole rings is 1. The number of hydrogen-bond acceptors (Lipinski definition) is 6. The number of carbonyl (C=O) groups excluding carboxylic acids is 2. The number of benzene rings is 1. The molecule has 0 atom stereocenters. The van der Waals surface area contributed by atoms with Crippen LogP contribution in [0.3, 0.4) is 0 Å². The van der Waals surface area contributed by atoms with Gasteiger partial charge in [-0.1, -0.05) is 13.8 Å². The molecule has 1 aromatic carbocycles. The molecular weight excluding hydrogens is 407 g/mol. The van der Waals surface area contributed by atoms with E-state index in [1.165, 1.54) is 23.5 Å². The summed E-state index contributed by atoms with van der Waals surface area (Å²) in [4.78, 5) is 32.7. The van der Waals surface area contributed by atoms with Gasteiger partial charge in [0.1, 0.15) is 5.82 Å². The molecule has 2 amide bonds. The maximum atomic E-state index is 13.1. The predicted octanol–water partition coefficient (Wildman–Crippen LogP) is 3.69. The van der Waals surface area contributed by atoms with Crippen LogP contribution in [0.5, 0.6) is 0 Å². The normalized spacial score (nSPS) is 15.1. The highest BCUT2D eigenvalue weighted by Crippen LogP contribution is 2.25. The van der Waals surface area contributed by atoms with Crippen molar-refractivity contribution >= 4 is 28.5 Å². The first-order valence-electron chi connectivity index (χ1n) is 10.1. The highest BCUT2D eigenvalue weighted by molar-refractivity contribution is 7.14. The summed E-state index contributed by atoms with van der Waals surface area (Å²) in [7, 11) is 0. The fraction of sp³-hybridized carbons (Fsp3) is 0.476. The van der Waals surface area contributed by atoms with Crippen LogP contribution in [0.25, 0.3) is 11.3 Å². The summed E-state index contributed by atoms with van der Waals surface area (Å²) in [5.74, 6) is -0.145. The Hall–Kier alpha value is -2.52. The molecule has 0 bridgehead atoms. The lowest BCUT2D eigenvalue weighted by atomic mass is 10.2. The number of amides is 2. The number of carbonyl (C=O) groups is 2. The standard InChI is InChI=1S/C21H27FN4O3S/c1-15(2)13-29-21(28)26-9-3-8-25(10-11-26)12-19(27)24-20-23-18(14-30-20)16-4-6-17(22)7-5-16/h4-7,14-15H,3,8-13H2,1-2H3,(H,23,24,27). The molecule has 30 heavy (non-hydrogen) atoms. The lowest BCUT2D eigenvalue weighted by Gasteiger charge is -2.21. The third-order valence-electron chi connectivity index (χ3n) is 4.64. The summed E-state index contributed by atoms with van der Waals surface area (Å²) in [5.41, 5.74) is 1.49. The summed E-state index contributed by atoms with van der Waals surface area (Å²) in [6.45, 7) is 7.17. The van der Waals surface area contributed by atoms with Crippen LogP contribution < -0.4 is 5.32 Å². The highest BCUT2D eigenvalue weighted by Gasteiger charge is 2.22. The number of nitrogens with one attached hydrogen (secondary N) is 1. The smallest absolute Gasteiger partial charge is 0.409 e. The first kappa shape index (κ1) is 22.2. The van der Waals surface area contributed by atoms with Gasteiger partial charge in [-0.05, 0) is 36.6 Å². The molecule has 2 aromatic rings. The van der Waals surface area contributed by atoms with Crippen molar-refractivity contribution in [1.82, 2.24) is 14.8 Å². The second-order valence-corrected chi connectivity index (χ2v) is 8.54. The van der Waals surface area contributed by atoms with Crippen molar-refractivity contribution < 1.29 is 18.7 Å². The SMILES string of the molecule is CC(C)COC(=O)N1CCCN(CC(=O)Nc2nc(-c3ccc(F)cc3)cs2)CC1. The van der Waals surface area contributed by atoms with Gasteiger partial charge in [-0.2, -0.15) is 0 Å². The molecule has 0 spiro atoms. The summed E-state index contributed by atoms with van der Waals surface area (Å²) < 4.78 is 18.4. The van der Waals surface area contributed by atoms with Crippen molar-refractivity contribution in [2.75, 3.05) is 44.6 Å². The van der Waals surface area contributed by atoms with E-state index >= 15 is 0 Å². The van der Waals surface area contributed by atoms with Crippen LogP contribution in [0.1, 0.15) is 20.3 Å². The van der Waals surface area contributed by atoms with Gasteiger partial charge in [0.2, 0.25) is 5.91 Å². The average molecular weight is 435 g/mol. The Morgan fingerprint density at radius 3 is 2.70 bits per heavy atom. The largest absolute Gasteiger partial charge is 0.449 e. The van der Waals surface area contributed by atoms with Crippen molar-refractivity contribution in [1.29, 1.82) is 0 Å². The number of anilines is 1. The number of ether oxygens (including phenoxy) is 1. The van der Waals surface area contributed by atoms with Crippen molar-refractivity contribution in [2.24, 2.45) is 5.92 Å². The Morgan fingerprint density at radius 1 is 1.20 bits per heavy atom. The Labute approximate surface area is 179 Å². The van der Waals surface area contributed by atoms with E-state index in [-0.39, 0.29) is 24.4 Å². The molecule has 1 aliphatic heterocycles. The molecule has 1 aliphatic rings. The number of aromatic nitrogens is 1. The van der Waals surface area contributed by atoms with Gasteiger partial charge >= 0.3 is 6.09 Å². The fourth-order valence-electron chi connectivity index (χ4n) is 3.09. The molecule has 0 saturated carbocycles. The molecule has 1 fully saturated rings. The van der Waals surface area contributed by atoms with Gasteiger partial charge in [0, 0.05) is 37.1 Å². The number of nitrogens with zero attached hydrogens (tertiary/aromatic N) is 3. The van der Waals surface area contributed by atoms with E-state index in [2.05, 4.69) is 10.3 Å². The summed E-state index contributed by atoms with van der Waals surface area (Å²) in [6.07, 6.45) is 0.502. The molecule has 1 N–H and O–H groups in total. The minimum atomic E-state index is -0.299. The van der Waals surface area contributed by atoms with E-state index < -0.39 is 0 Å². The van der Waals surface area contributed by atoms with Gasteiger partial charge in [-0.15, -0.1) is 11.3 Å². The Kier molecular flexibility index (Phi) is 7.75. The highest BCUT2D eigenvalue weighted by atomic mass is 32.1. The van der Waals surface area contributed by atoms with E-state index in [0.29, 0.717) is 43.0 Å². The lowest BCUT2D eigenvalue weighted by molar-refractivity contribution is -0.117. The van der Waals surface area contributed by atoms with Gasteiger partial charge in [0.05, 0.1) is 18.8 Å². The summed E-state index contributed by atoms with van der Waals surface area (Å²) in [5, 5.41) is 5.16. The molecule has 2 heterocycles. The zero-order valence-corrected chi connectivity index (χ0v) is 18.1. The van der Waals surface area contributed by atoms with Gasteiger partial charge in [0.15, 0.2) is 5.13 Å². The van der Waals surface area contributed by atoms with Crippen molar-refractivity contribution in [3.8, 4) is 11.3 Å². The molecule has 0 radical (unpaired) electrons. The fourth-order valence-corrected chi connectivity index (χ4v) is 3.82. The summed E-state index contributed by atoms with van der Waals surface area (Å²) >= 11 is 1.33. The Bertz CT molecular complexity index is 856. The third-order valence-corrected chi connectivity index (χ3v) is 5.40. The van der Waals surface area contributed by atoms with E-state index in [1.807, 2.05) is 24.1 Å². The van der Waals surface area contributed by atoms with Gasteiger partial charge in [-0.3, -0.25) is 9.69 Å². The van der Waals surface area contributed by atoms with Crippen molar-refractivity contribution in [3.63, 3.8) is 0 Å². The van der Waals surface area contributed by atoms with Crippen LogP contribution in [-0.4, -0.2) is 66.1 Å². The molecule has 1 aromatic heterocycles. The van der Waals surface area contributed by atoms with Crippen LogP contribution in [0.2, 0.25) is 0 Å². The second kappa shape index (κ2) is 10.5. The van der Waals surface area contributed by atoms with E-state index in [9.17, 15) is 14.0 Å². The topological polar surface area (TPSA) is 74.8 Å². The van der Waals surface area contributed by atoms with Crippen LogP contribution in [-0.2, 0) is 9.53 Å². The average Bonchev–Trinajstić information content (AvgIpc) is 3.04. The minimum absolute atomic E-state index is 0.147. The quantitative estimate of drug-likeness (QED) is 0.751. The molecule has 162 valence electrons. The molecule has 1 saturated heterocycles. The molecular formula is C21H27FN4O3S. The minimum Gasteiger partial charge on any atom is -0.449 e. The number of halogens is 1. The first-order chi connectivity index (χ1) is 14.4. The Morgan fingerprint density at radius 2 is 1.97 bits per heavy atom. The maximum absolute atomic E-state index is 13.1. The van der Waals surface area contributed by atoms with E-state index in [4.69, 9.17) is 4.74 Å². The molecule has 9 heteroatoms. The van der Waals surface area contributed by atoms with Crippen molar-refractivity contribution in [3.05, 3.63) is 35.5 Å². The molecule has 0 aliphatic carbocycles. The van der Waals surface area contributed by atoms with Crippen LogP contribution in [0.4, 0.5) is 14.3 Å². The zero-order valence-electron chi connectivity index (χ0n) is 17.3. The lowest BCUT2D eigenvalue weighted by Crippen LogP contribution is -2.38. The van der Waals surface area contributed by atoms with Crippen LogP contribution in [0.15, 0.2) is 29.6 Å². The zero-order chi connectivity index (χ0) is 21.5. The van der Waals surface area contributed by atoms with Gasteiger partial charge in [-0.25, -0.2) is 14.2 Å². The molecule has 7 nitrogen and oxygen atoms in total. The predicted molar refractivity (Wildman–Crippen MR) is 115 cm³/mol. The molecule has 3 rings (SSSR count). The number of hydrogen-bond donors (Lipinski definition) is 1. The Balaban J connectivity index is 1.47.